The summed E-state index contributed by atoms with van der Waals surface area (Å²) in [6.07, 6.45) is 4.05. The first-order valence-corrected chi connectivity index (χ1v) is 10.1. The number of ether oxygens (including phenoxy) is 1. The third kappa shape index (κ3) is 4.58. The predicted molar refractivity (Wildman–Crippen MR) is 118 cm³/mol. The van der Waals surface area contributed by atoms with E-state index in [4.69, 9.17) is 4.74 Å². The molecule has 0 spiro atoms. The number of amides is 1. The van der Waals surface area contributed by atoms with E-state index in [1.165, 1.54) is 12.1 Å². The van der Waals surface area contributed by atoms with E-state index in [1.54, 1.807) is 19.2 Å². The van der Waals surface area contributed by atoms with E-state index < -0.39 is 0 Å². The third-order valence-electron chi connectivity index (χ3n) is 5.41. The van der Waals surface area contributed by atoms with Crippen LogP contribution in [0.1, 0.15) is 34.7 Å². The summed E-state index contributed by atoms with van der Waals surface area (Å²) in [5, 5.41) is 2.95. The van der Waals surface area contributed by atoms with E-state index in [-0.39, 0.29) is 24.1 Å². The highest BCUT2D eigenvalue weighted by atomic mass is 19.1. The number of nitrogens with zero attached hydrogens (tertiary/aromatic N) is 2. The first-order chi connectivity index (χ1) is 15.0. The molecule has 4 rings (SSSR count). The minimum atomic E-state index is -0.295. The van der Waals surface area contributed by atoms with Crippen LogP contribution >= 0.6 is 0 Å². The van der Waals surface area contributed by atoms with Gasteiger partial charge in [-0.15, -0.1) is 0 Å². The van der Waals surface area contributed by atoms with E-state index in [2.05, 4.69) is 10.3 Å². The molecule has 5 nitrogen and oxygen atoms in total. The maximum atomic E-state index is 13.1. The lowest BCUT2D eigenvalue weighted by molar-refractivity contribution is -0.121. The first-order valence-electron chi connectivity index (χ1n) is 10.1. The van der Waals surface area contributed by atoms with Crippen LogP contribution in [0.25, 0.3) is 5.65 Å². The van der Waals surface area contributed by atoms with E-state index >= 15 is 0 Å². The molecule has 0 aliphatic rings. The summed E-state index contributed by atoms with van der Waals surface area (Å²) in [5.74, 6) is 0.134. The van der Waals surface area contributed by atoms with Gasteiger partial charge in [0.25, 0.3) is 0 Å². The van der Waals surface area contributed by atoms with Gasteiger partial charge >= 0.3 is 0 Å². The SMILES string of the molecule is COc1cccc([C@H](CC(=O)NCc2ccc(F)cc2)c2cnc3c(C)cccn23)c1. The number of imidazole rings is 1. The summed E-state index contributed by atoms with van der Waals surface area (Å²) >= 11 is 0. The monoisotopic (exact) mass is 417 g/mol. The van der Waals surface area contributed by atoms with Gasteiger partial charge < -0.3 is 14.5 Å². The average Bonchev–Trinajstić information content (AvgIpc) is 3.22. The van der Waals surface area contributed by atoms with Gasteiger partial charge in [0.2, 0.25) is 5.91 Å². The third-order valence-corrected chi connectivity index (χ3v) is 5.41. The number of hydrogen-bond donors (Lipinski definition) is 1. The largest absolute Gasteiger partial charge is 0.497 e. The molecule has 0 aliphatic heterocycles. The number of carbonyl (C=O) groups is 1. The Balaban J connectivity index is 1.62. The maximum absolute atomic E-state index is 13.1. The summed E-state index contributed by atoms with van der Waals surface area (Å²) in [5.41, 5.74) is 4.69. The summed E-state index contributed by atoms with van der Waals surface area (Å²) in [6, 6.07) is 17.9. The fourth-order valence-corrected chi connectivity index (χ4v) is 3.74. The predicted octanol–water partition coefficient (Wildman–Crippen LogP) is 4.63. The second-order valence-electron chi connectivity index (χ2n) is 7.50. The van der Waals surface area contributed by atoms with Crippen LogP contribution in [0.5, 0.6) is 5.75 Å². The number of halogens is 1. The normalized spacial score (nSPS) is 12.0. The second kappa shape index (κ2) is 9.00. The van der Waals surface area contributed by atoms with Crippen LogP contribution in [0, 0.1) is 12.7 Å². The lowest BCUT2D eigenvalue weighted by Gasteiger charge is -2.18. The van der Waals surface area contributed by atoms with Gasteiger partial charge in [-0.1, -0.05) is 30.3 Å². The molecule has 2 aromatic carbocycles. The Morgan fingerprint density at radius 3 is 2.74 bits per heavy atom. The Kier molecular flexibility index (Phi) is 5.98. The van der Waals surface area contributed by atoms with Crippen LogP contribution in [0.4, 0.5) is 4.39 Å². The lowest BCUT2D eigenvalue weighted by Crippen LogP contribution is -2.25. The van der Waals surface area contributed by atoms with Gasteiger partial charge in [0.1, 0.15) is 17.2 Å². The Morgan fingerprint density at radius 1 is 1.16 bits per heavy atom. The number of hydrogen-bond acceptors (Lipinski definition) is 3. The van der Waals surface area contributed by atoms with Crippen molar-refractivity contribution in [1.82, 2.24) is 14.7 Å². The van der Waals surface area contributed by atoms with Gasteiger partial charge in [0, 0.05) is 31.3 Å². The van der Waals surface area contributed by atoms with Crippen molar-refractivity contribution in [3.05, 3.63) is 101 Å². The molecule has 2 heterocycles. The number of aryl methyl sites for hydroxylation is 1. The molecule has 1 amide bonds. The molecule has 0 radical (unpaired) electrons. The fraction of sp³-hybridized carbons (Fsp3) is 0.200. The van der Waals surface area contributed by atoms with Crippen molar-refractivity contribution in [3.63, 3.8) is 0 Å². The van der Waals surface area contributed by atoms with Crippen LogP contribution < -0.4 is 10.1 Å². The summed E-state index contributed by atoms with van der Waals surface area (Å²) in [4.78, 5) is 17.5. The second-order valence-corrected chi connectivity index (χ2v) is 7.50. The molecule has 0 saturated carbocycles. The average molecular weight is 417 g/mol. The van der Waals surface area contributed by atoms with Gasteiger partial charge in [-0.25, -0.2) is 9.37 Å². The summed E-state index contributed by atoms with van der Waals surface area (Å²) in [6.45, 7) is 2.36. The Hall–Kier alpha value is -3.67. The smallest absolute Gasteiger partial charge is 0.221 e. The highest BCUT2D eigenvalue weighted by molar-refractivity contribution is 5.77. The van der Waals surface area contributed by atoms with Crippen molar-refractivity contribution in [2.45, 2.75) is 25.8 Å². The number of aromatic nitrogens is 2. The van der Waals surface area contributed by atoms with E-state index in [0.717, 1.165) is 33.8 Å². The van der Waals surface area contributed by atoms with Crippen LogP contribution in [0.3, 0.4) is 0 Å². The first kappa shape index (κ1) is 20.6. The molecule has 0 saturated heterocycles. The van der Waals surface area contributed by atoms with Gasteiger partial charge in [0.15, 0.2) is 0 Å². The maximum Gasteiger partial charge on any atom is 0.221 e. The van der Waals surface area contributed by atoms with Crippen molar-refractivity contribution in [2.75, 3.05) is 7.11 Å². The lowest BCUT2D eigenvalue weighted by atomic mass is 9.92. The zero-order chi connectivity index (χ0) is 21.8. The minimum Gasteiger partial charge on any atom is -0.497 e. The highest BCUT2D eigenvalue weighted by Crippen LogP contribution is 2.31. The topological polar surface area (TPSA) is 55.6 Å². The Morgan fingerprint density at radius 2 is 1.97 bits per heavy atom. The van der Waals surface area contributed by atoms with Crippen molar-refractivity contribution >= 4 is 11.6 Å². The molecule has 0 aliphatic carbocycles. The molecule has 2 aromatic heterocycles. The number of methoxy groups -OCH3 is 1. The molecule has 0 bridgehead atoms. The quantitative estimate of drug-likeness (QED) is 0.477. The van der Waals surface area contributed by atoms with Crippen LogP contribution in [-0.2, 0) is 11.3 Å². The van der Waals surface area contributed by atoms with Crippen molar-refractivity contribution in [3.8, 4) is 5.75 Å². The number of fused-ring (bicyclic) bond motifs is 1. The van der Waals surface area contributed by atoms with E-state index in [0.29, 0.717) is 6.54 Å². The standard InChI is InChI=1S/C25H24FN3O2/c1-17-5-4-12-29-23(16-28-25(17)29)22(19-6-3-7-21(13-19)31-2)14-24(30)27-15-18-8-10-20(26)11-9-18/h3-13,16,22H,14-15H2,1-2H3,(H,27,30)/t22-/m0/s1. The number of pyridine rings is 1. The van der Waals surface area contributed by atoms with Gasteiger partial charge in [0.05, 0.1) is 12.8 Å². The molecular weight excluding hydrogens is 393 g/mol. The molecule has 0 fully saturated rings. The zero-order valence-electron chi connectivity index (χ0n) is 17.5. The van der Waals surface area contributed by atoms with Gasteiger partial charge in [-0.3, -0.25) is 4.79 Å². The highest BCUT2D eigenvalue weighted by Gasteiger charge is 2.22. The van der Waals surface area contributed by atoms with Crippen molar-refractivity contribution in [2.24, 2.45) is 0 Å². The molecule has 31 heavy (non-hydrogen) atoms. The number of nitrogens with one attached hydrogen (secondary N) is 1. The molecule has 6 heteroatoms. The van der Waals surface area contributed by atoms with Crippen molar-refractivity contribution in [1.29, 1.82) is 0 Å². The van der Waals surface area contributed by atoms with E-state index in [9.17, 15) is 9.18 Å². The van der Waals surface area contributed by atoms with E-state index in [1.807, 2.05) is 60.1 Å². The molecular formula is C25H24FN3O2. The van der Waals surface area contributed by atoms with Crippen molar-refractivity contribution < 1.29 is 13.9 Å². The molecule has 1 atom stereocenters. The number of benzene rings is 2. The fourth-order valence-electron chi connectivity index (χ4n) is 3.74. The molecule has 158 valence electrons. The Labute approximate surface area is 180 Å². The van der Waals surface area contributed by atoms with Gasteiger partial charge in [-0.2, -0.15) is 0 Å². The van der Waals surface area contributed by atoms with Crippen LogP contribution in [0.15, 0.2) is 73.1 Å². The zero-order valence-corrected chi connectivity index (χ0v) is 17.5. The minimum absolute atomic E-state index is 0.0975. The van der Waals surface area contributed by atoms with Crippen LogP contribution in [-0.4, -0.2) is 22.4 Å². The molecule has 0 unspecified atom stereocenters. The summed E-state index contributed by atoms with van der Waals surface area (Å²) in [7, 11) is 1.63. The summed E-state index contributed by atoms with van der Waals surface area (Å²) < 4.78 is 20.5. The van der Waals surface area contributed by atoms with Gasteiger partial charge in [-0.05, 0) is 53.9 Å². The van der Waals surface area contributed by atoms with Crippen LogP contribution in [0.2, 0.25) is 0 Å². The molecule has 1 N–H and O–H groups in total. The Bertz CT molecular complexity index is 1200. The molecule has 4 aromatic rings. The number of carbonyl (C=O) groups excluding carboxylic acids is 1. The number of rotatable bonds is 7.